The molecule has 2 aliphatic rings. The molecule has 2 aliphatic heterocycles. The summed E-state index contributed by atoms with van der Waals surface area (Å²) in [5.41, 5.74) is 4.36. The molecule has 2 unspecified atom stereocenters. The molecule has 456 valence electrons. The number of nitriles is 1. The smallest absolute Gasteiger partial charge is 0.566 e. The molecule has 85 heavy (non-hydrogen) atoms. The molecule has 0 aliphatic carbocycles. The summed E-state index contributed by atoms with van der Waals surface area (Å²) < 4.78 is 65.9. The summed E-state index contributed by atoms with van der Waals surface area (Å²) in [4.78, 5) is 109. The molecule has 4 amide bonds. The van der Waals surface area contributed by atoms with Crippen molar-refractivity contribution in [2.45, 2.75) is 149 Å². The Morgan fingerprint density at radius 3 is 1.49 bits per heavy atom. The van der Waals surface area contributed by atoms with Crippen molar-refractivity contribution in [2.75, 3.05) is 17.2 Å². The monoisotopic (exact) mass is 1220 g/mol. The highest BCUT2D eigenvalue weighted by molar-refractivity contribution is 7.33. The predicted molar refractivity (Wildman–Crippen MR) is 303 cm³/mol. The van der Waals surface area contributed by atoms with Crippen LogP contribution >= 0.6 is 16.5 Å². The van der Waals surface area contributed by atoms with Gasteiger partial charge in [0.25, 0.3) is 11.1 Å². The molecule has 4 aromatic heterocycles. The fourth-order valence-corrected chi connectivity index (χ4v) is 9.47. The van der Waals surface area contributed by atoms with E-state index in [1.165, 1.54) is 21.8 Å². The number of carbonyl (C=O) groups is 4. The summed E-state index contributed by atoms with van der Waals surface area (Å²) in [5, 5.41) is 19.2. The van der Waals surface area contributed by atoms with Crippen LogP contribution in [0.5, 0.6) is 0 Å². The Balaban J connectivity index is 0.000000253. The molecule has 8 rings (SSSR count). The molecule has 6 heterocycles. The van der Waals surface area contributed by atoms with E-state index in [0.717, 1.165) is 11.1 Å². The third-order valence-electron chi connectivity index (χ3n) is 12.3. The number of alkyl carbamates (subject to hydrolysis) is 2. The standard InChI is InChI=1S/C26H30N7O8P.C23H27N6O8P.C4H11N/c1-4-17-20(41-42(37)39-12-8-11-27)18(29-26(36)38-13-16-9-6-5-7-10-16)24(40-17)33-14-28-19-21(33)30-25(32-23(19)35)31-22(34)15(2)3;1-4-14-17(37-38(33)34)15(25-23(32)35-10-13-8-6-5-7-9-13)21(36-14)29-11-24-16-18(29)26-22(28-20(16)31)27-19(30)12(2)3;1-4(2,3)5/h5-7,9-10,14-15,17-18,20,24H,4,8,12-13H2,1-3H3,(H2-,29,30,31,32,34,35,36);5-9,11-12,14-15,17,21H,4,10H2,1-3H3,(H,25,32)(H2,26,27,28,30,31);5H2,1-3H3/p+2/t17-,18-,20-,24-;14-,15-,17-,21-;/m11./s1. The van der Waals surface area contributed by atoms with Crippen LogP contribution < -0.4 is 43.0 Å². The Labute approximate surface area is 489 Å². The lowest BCUT2D eigenvalue weighted by Gasteiger charge is -2.23. The first-order chi connectivity index (χ1) is 40.4. The number of H-pyrrole nitrogens is 2. The molecule has 10 atom stereocenters. The van der Waals surface area contributed by atoms with Crippen LogP contribution in [0.25, 0.3) is 22.3 Å². The normalized spacial score (nSPS) is 20.3. The number of ether oxygens (including phenoxy) is 4. The van der Waals surface area contributed by atoms with Gasteiger partial charge in [-0.15, -0.1) is 13.6 Å². The molecule has 0 radical (unpaired) electrons. The van der Waals surface area contributed by atoms with E-state index in [0.29, 0.717) is 12.8 Å². The zero-order chi connectivity index (χ0) is 62.1. The molecule has 9 N–H and O–H groups in total. The highest BCUT2D eigenvalue weighted by Gasteiger charge is 2.53. The third kappa shape index (κ3) is 18.8. The van der Waals surface area contributed by atoms with Gasteiger partial charge in [0, 0.05) is 16.4 Å². The summed E-state index contributed by atoms with van der Waals surface area (Å²) in [6.45, 7) is 16.4. The van der Waals surface area contributed by atoms with Gasteiger partial charge in [0.2, 0.25) is 23.7 Å². The number of aromatic nitrogens is 8. The van der Waals surface area contributed by atoms with Crippen LogP contribution in [0.15, 0.2) is 82.9 Å². The number of quaternary nitrogens is 1. The Kier molecular flexibility index (Phi) is 23.9. The third-order valence-corrected chi connectivity index (χ3v) is 13.5. The van der Waals surface area contributed by atoms with Gasteiger partial charge in [-0.25, -0.2) is 19.6 Å². The van der Waals surface area contributed by atoms with E-state index < -0.39 is 88.8 Å². The average Bonchev–Trinajstić information content (AvgIpc) is 3.72. The SMILES string of the molecule is CC(C)(C)[NH3+].CC[C@H]1O[C@@H](n2cnc3c(=O)[nH]c(NC(=O)C(C)C)nc32)[C@H](NC(=O)OCc2ccccc2)[C@@H]1O[P+](=O)OCCC#N.CC[C@H]1O[C@@H](n2cnc3c(=O)[nH]c(NC(=O)C(C)C)nc32)[C@H](NC(=O)OCc2ccccc2)[C@@H]1O[P+](=O)[O-]. The second kappa shape index (κ2) is 30.7. The Morgan fingerprint density at radius 2 is 1.13 bits per heavy atom. The van der Waals surface area contributed by atoms with Gasteiger partial charge in [-0.1, -0.05) is 102 Å². The zero-order valence-electron chi connectivity index (χ0n) is 48.2. The molecule has 32 heteroatoms. The van der Waals surface area contributed by atoms with Crippen LogP contribution in [-0.2, 0) is 64.5 Å². The number of nitrogens with zero attached hydrogens (tertiary/aromatic N) is 7. The van der Waals surface area contributed by atoms with Crippen LogP contribution in [0.1, 0.15) is 105 Å². The lowest BCUT2D eigenvalue weighted by Crippen LogP contribution is -2.67. The molecule has 2 aromatic carbocycles. The maximum Gasteiger partial charge on any atom is 0.697 e. The minimum atomic E-state index is -3.29. The fourth-order valence-electron chi connectivity index (χ4n) is 8.24. The molecule has 6 aromatic rings. The van der Waals surface area contributed by atoms with Crippen molar-refractivity contribution in [3.63, 3.8) is 0 Å². The first-order valence-corrected chi connectivity index (χ1v) is 29.2. The summed E-state index contributed by atoms with van der Waals surface area (Å²) in [6, 6.07) is 17.9. The quantitative estimate of drug-likeness (QED) is 0.0367. The van der Waals surface area contributed by atoms with Crippen molar-refractivity contribution in [2.24, 2.45) is 11.8 Å². The van der Waals surface area contributed by atoms with Crippen LogP contribution in [0, 0.1) is 23.2 Å². The van der Waals surface area contributed by atoms with Gasteiger partial charge in [0.05, 0.1) is 42.9 Å². The molecule has 2 fully saturated rings. The van der Waals surface area contributed by atoms with E-state index in [4.69, 9.17) is 37.8 Å². The Hall–Kier alpha value is -7.97. The second-order valence-electron chi connectivity index (χ2n) is 21.1. The summed E-state index contributed by atoms with van der Waals surface area (Å²) >= 11 is 0. The van der Waals surface area contributed by atoms with Crippen molar-refractivity contribution >= 4 is 74.7 Å². The highest BCUT2D eigenvalue weighted by Crippen LogP contribution is 2.41. The van der Waals surface area contributed by atoms with Crippen molar-refractivity contribution in [3.05, 3.63) is 105 Å². The first kappa shape index (κ1) is 66.2. The van der Waals surface area contributed by atoms with Crippen LogP contribution in [-0.4, -0.2) is 112 Å². The number of fused-ring (bicyclic) bond motifs is 2. The molecule has 0 spiro atoms. The number of amides is 4. The number of nitrogens with one attached hydrogen (secondary N) is 6. The number of aromatic amines is 2. The highest BCUT2D eigenvalue weighted by atomic mass is 31.1. The van der Waals surface area contributed by atoms with Gasteiger partial charge < -0.3 is 40.2 Å². The number of hydrogen-bond acceptors (Lipinski definition) is 21. The molecule has 30 nitrogen and oxygen atoms in total. The van der Waals surface area contributed by atoms with Crippen molar-refractivity contribution in [1.82, 2.24) is 49.7 Å². The van der Waals surface area contributed by atoms with E-state index in [1.807, 2.05) is 37.3 Å². The maximum absolute atomic E-state index is 13.0. The molecular formula is C53H70N14O16P2+2. The van der Waals surface area contributed by atoms with Gasteiger partial charge in [0.15, 0.2) is 47.0 Å². The number of imidazole rings is 2. The first-order valence-electron chi connectivity index (χ1n) is 27.0. The number of carbonyl (C=O) groups excluding carboxylic acids is 4. The van der Waals surface area contributed by atoms with Gasteiger partial charge >= 0.3 is 28.7 Å². The van der Waals surface area contributed by atoms with Gasteiger partial charge in [-0.3, -0.25) is 48.9 Å². The largest absolute Gasteiger partial charge is 0.697 e. The van der Waals surface area contributed by atoms with Crippen molar-refractivity contribution in [1.29, 1.82) is 5.26 Å². The second-order valence-corrected chi connectivity index (χ2v) is 22.6. The lowest BCUT2D eigenvalue weighted by molar-refractivity contribution is -0.458. The average molecular weight is 1220 g/mol. The number of rotatable bonds is 21. The minimum Gasteiger partial charge on any atom is -0.566 e. The number of anilines is 2. The van der Waals surface area contributed by atoms with Crippen LogP contribution in [0.3, 0.4) is 0 Å². The van der Waals surface area contributed by atoms with Gasteiger partial charge in [-0.2, -0.15) is 15.2 Å². The van der Waals surface area contributed by atoms with E-state index in [-0.39, 0.29) is 89.7 Å². The molecular weight excluding hydrogens is 1150 g/mol. The zero-order valence-corrected chi connectivity index (χ0v) is 50.0. The summed E-state index contributed by atoms with van der Waals surface area (Å²) in [6.07, 6.45) is -3.94. The molecule has 0 bridgehead atoms. The van der Waals surface area contributed by atoms with E-state index in [2.05, 4.69) is 77.7 Å². The van der Waals surface area contributed by atoms with Gasteiger partial charge in [-0.05, 0) is 49.3 Å². The number of benzene rings is 2. The Bertz CT molecular complexity index is 3430. The van der Waals surface area contributed by atoms with E-state index >= 15 is 0 Å². The summed E-state index contributed by atoms with van der Waals surface area (Å²) in [7, 11) is -5.98. The fraction of sp³-hybridized carbons (Fsp3) is 0.491. The van der Waals surface area contributed by atoms with Crippen LogP contribution in [0.4, 0.5) is 21.5 Å². The lowest BCUT2D eigenvalue weighted by atomic mass is 10.1. The maximum atomic E-state index is 13.0. The minimum absolute atomic E-state index is 0.00977. The summed E-state index contributed by atoms with van der Waals surface area (Å²) in [5.74, 6) is -1.66. The molecule has 2 saturated heterocycles. The van der Waals surface area contributed by atoms with Crippen LogP contribution in [0.2, 0.25) is 0 Å². The van der Waals surface area contributed by atoms with E-state index in [9.17, 15) is 42.8 Å². The Morgan fingerprint density at radius 1 is 0.729 bits per heavy atom. The van der Waals surface area contributed by atoms with Crippen molar-refractivity contribution < 1.29 is 71.5 Å². The van der Waals surface area contributed by atoms with Crippen molar-refractivity contribution in [3.8, 4) is 6.07 Å². The van der Waals surface area contributed by atoms with E-state index in [1.54, 1.807) is 71.0 Å². The van der Waals surface area contributed by atoms with Gasteiger partial charge in [0.1, 0.15) is 31.9 Å². The topological polar surface area (TPSA) is 417 Å². The molecule has 0 saturated carbocycles. The predicted octanol–water partition coefficient (Wildman–Crippen LogP) is 5.04. The number of hydrogen-bond donors (Lipinski definition) is 7.